The van der Waals surface area contributed by atoms with Gasteiger partial charge in [0.2, 0.25) is 0 Å². The molecule has 3 rings (SSSR count). The van der Waals surface area contributed by atoms with Crippen LogP contribution in [0.2, 0.25) is 18.1 Å². The second-order valence-corrected chi connectivity index (χ2v) is 13.3. The van der Waals surface area contributed by atoms with Crippen molar-refractivity contribution in [3.63, 3.8) is 0 Å². The Morgan fingerprint density at radius 2 is 1.43 bits per heavy atom. The summed E-state index contributed by atoms with van der Waals surface area (Å²) in [6, 6.07) is 11.3. The average molecular weight is 441 g/mol. The van der Waals surface area contributed by atoms with Crippen molar-refractivity contribution in [2.24, 2.45) is 11.8 Å². The Bertz CT molecular complexity index is 600. The van der Waals surface area contributed by atoms with Gasteiger partial charge in [0.25, 0.3) is 0 Å². The summed E-state index contributed by atoms with van der Waals surface area (Å²) in [6.45, 7) is 2.34. The topological polar surface area (TPSA) is 9.23 Å². The van der Waals surface area contributed by atoms with Gasteiger partial charge < -0.3 is 4.74 Å². The van der Waals surface area contributed by atoms with Crippen molar-refractivity contribution >= 4 is 8.80 Å². The summed E-state index contributed by atoms with van der Waals surface area (Å²) in [5, 5.41) is 0. The number of benzene rings is 1. The molecule has 1 nitrogen and oxygen atoms in total. The van der Waals surface area contributed by atoms with Crippen LogP contribution in [0.5, 0.6) is 5.75 Å². The smallest absolute Gasteiger partial charge is 0.406 e. The average Bonchev–Trinajstić information content (AvgIpc) is 2.73. The lowest BCUT2D eigenvalue weighted by molar-refractivity contribution is -0.274. The fraction of sp³-hybridized carbons (Fsp3) is 0.760. The molecule has 0 aromatic heterocycles. The Kier molecular flexibility index (Phi) is 9.15. The predicted molar refractivity (Wildman–Crippen MR) is 121 cm³/mol. The quantitative estimate of drug-likeness (QED) is 0.276. The van der Waals surface area contributed by atoms with E-state index in [9.17, 15) is 13.2 Å². The molecule has 0 spiro atoms. The Balaban J connectivity index is 1.29. The third-order valence-electron chi connectivity index (χ3n) is 7.57. The van der Waals surface area contributed by atoms with Crippen molar-refractivity contribution in [2.75, 3.05) is 0 Å². The summed E-state index contributed by atoms with van der Waals surface area (Å²) in [5.41, 5.74) is 1.16. The molecule has 1 aliphatic carbocycles. The van der Waals surface area contributed by atoms with Gasteiger partial charge in [0.05, 0.1) is 0 Å². The lowest BCUT2D eigenvalue weighted by atomic mass is 9.77. The second-order valence-electron chi connectivity index (χ2n) is 9.79. The Hall–Kier alpha value is -0.973. The molecular formula is C25H39F3OSi. The van der Waals surface area contributed by atoms with Gasteiger partial charge >= 0.3 is 6.36 Å². The Morgan fingerprint density at radius 3 is 1.97 bits per heavy atom. The summed E-state index contributed by atoms with van der Waals surface area (Å²) >= 11 is 0. The number of halogens is 3. The number of rotatable bonds is 9. The van der Waals surface area contributed by atoms with Gasteiger partial charge in [0, 0.05) is 8.80 Å². The molecule has 30 heavy (non-hydrogen) atoms. The second kappa shape index (κ2) is 11.6. The summed E-state index contributed by atoms with van der Waals surface area (Å²) < 4.78 is 40.9. The number of hydrogen-bond acceptors (Lipinski definition) is 1. The van der Waals surface area contributed by atoms with Crippen LogP contribution in [0.25, 0.3) is 0 Å². The van der Waals surface area contributed by atoms with Crippen LogP contribution in [0.15, 0.2) is 24.3 Å². The molecule has 2 fully saturated rings. The van der Waals surface area contributed by atoms with E-state index in [1.807, 2.05) is 12.1 Å². The fourth-order valence-electron chi connectivity index (χ4n) is 5.81. The maximum Gasteiger partial charge on any atom is 0.573 e. The molecule has 1 heterocycles. The molecule has 2 aliphatic rings. The van der Waals surface area contributed by atoms with Crippen LogP contribution in [0.1, 0.15) is 89.0 Å². The zero-order chi connectivity index (χ0) is 21.4. The zero-order valence-electron chi connectivity index (χ0n) is 18.6. The maximum atomic E-state index is 12.3. The van der Waals surface area contributed by atoms with Crippen molar-refractivity contribution in [1.82, 2.24) is 0 Å². The van der Waals surface area contributed by atoms with Gasteiger partial charge in [-0.1, -0.05) is 82.1 Å². The molecule has 0 unspecified atom stereocenters. The van der Waals surface area contributed by atoms with Crippen molar-refractivity contribution in [1.29, 1.82) is 0 Å². The third kappa shape index (κ3) is 7.94. The van der Waals surface area contributed by atoms with Gasteiger partial charge in [0.1, 0.15) is 5.75 Å². The monoisotopic (exact) mass is 440 g/mol. The molecule has 0 atom stereocenters. The van der Waals surface area contributed by atoms with E-state index in [0.29, 0.717) is 5.92 Å². The molecule has 1 saturated carbocycles. The molecule has 1 saturated heterocycles. The van der Waals surface area contributed by atoms with E-state index in [-0.39, 0.29) is 14.5 Å². The van der Waals surface area contributed by atoms with E-state index < -0.39 is 6.36 Å². The number of unbranched alkanes of at least 4 members (excludes halogenated alkanes) is 1. The fourth-order valence-corrected chi connectivity index (χ4v) is 9.38. The first-order valence-electron chi connectivity index (χ1n) is 12.3. The molecule has 1 aromatic carbocycles. The SMILES string of the molecule is CCC[Si@H]1CC[C@H](CCCC[C@H]2CC[C@H](c3ccc(OC(F)(F)F)cc3)CC2)CC1. The van der Waals surface area contributed by atoms with Gasteiger partial charge in [0.15, 0.2) is 0 Å². The maximum absolute atomic E-state index is 12.3. The van der Waals surface area contributed by atoms with E-state index in [1.54, 1.807) is 18.1 Å². The lowest BCUT2D eigenvalue weighted by Crippen LogP contribution is -2.21. The largest absolute Gasteiger partial charge is 0.573 e. The first-order valence-corrected chi connectivity index (χ1v) is 14.7. The number of hydrogen-bond donors (Lipinski definition) is 0. The molecule has 1 aromatic rings. The molecule has 0 bridgehead atoms. The third-order valence-corrected chi connectivity index (χ3v) is 11.3. The lowest BCUT2D eigenvalue weighted by Gasteiger charge is -2.29. The van der Waals surface area contributed by atoms with Gasteiger partial charge in [-0.3, -0.25) is 0 Å². The number of alkyl halides is 3. The van der Waals surface area contributed by atoms with Crippen LogP contribution in [0, 0.1) is 11.8 Å². The molecule has 170 valence electrons. The highest BCUT2D eigenvalue weighted by molar-refractivity contribution is 6.58. The van der Waals surface area contributed by atoms with Crippen LogP contribution < -0.4 is 4.74 Å². The van der Waals surface area contributed by atoms with Crippen molar-refractivity contribution < 1.29 is 17.9 Å². The van der Waals surface area contributed by atoms with Crippen LogP contribution in [-0.4, -0.2) is 15.2 Å². The zero-order valence-corrected chi connectivity index (χ0v) is 19.7. The van der Waals surface area contributed by atoms with E-state index in [2.05, 4.69) is 11.7 Å². The Labute approximate surface area is 182 Å². The summed E-state index contributed by atoms with van der Waals surface area (Å²) in [7, 11) is -0.331. The summed E-state index contributed by atoms with van der Waals surface area (Å²) in [4.78, 5) is 0. The highest BCUT2D eigenvalue weighted by Crippen LogP contribution is 2.39. The van der Waals surface area contributed by atoms with Crippen LogP contribution in [0.4, 0.5) is 13.2 Å². The summed E-state index contributed by atoms with van der Waals surface area (Å²) in [5.74, 6) is 2.23. The number of ether oxygens (including phenoxy) is 1. The van der Waals surface area contributed by atoms with E-state index >= 15 is 0 Å². The molecule has 0 amide bonds. The van der Waals surface area contributed by atoms with Crippen molar-refractivity contribution in [3.8, 4) is 5.75 Å². The highest BCUT2D eigenvalue weighted by atomic mass is 28.3. The van der Waals surface area contributed by atoms with Gasteiger partial charge in [-0.15, -0.1) is 13.2 Å². The first-order chi connectivity index (χ1) is 14.4. The van der Waals surface area contributed by atoms with E-state index in [1.165, 1.54) is 69.9 Å². The molecule has 5 heteroatoms. The molecule has 0 radical (unpaired) electrons. The Morgan fingerprint density at radius 1 is 0.867 bits per heavy atom. The van der Waals surface area contributed by atoms with Gasteiger partial charge in [-0.2, -0.15) is 0 Å². The van der Waals surface area contributed by atoms with Gasteiger partial charge in [-0.05, 0) is 61.1 Å². The molecule has 0 N–H and O–H groups in total. The van der Waals surface area contributed by atoms with Crippen molar-refractivity contribution in [2.45, 2.75) is 108 Å². The predicted octanol–water partition coefficient (Wildman–Crippen LogP) is 8.47. The minimum Gasteiger partial charge on any atom is -0.406 e. The van der Waals surface area contributed by atoms with E-state index in [0.717, 1.165) is 30.2 Å². The van der Waals surface area contributed by atoms with Crippen LogP contribution in [-0.2, 0) is 0 Å². The van der Waals surface area contributed by atoms with Gasteiger partial charge in [-0.25, -0.2) is 0 Å². The van der Waals surface area contributed by atoms with E-state index in [4.69, 9.17) is 0 Å². The molecular weight excluding hydrogens is 401 g/mol. The molecule has 1 aliphatic heterocycles. The minimum absolute atomic E-state index is 0.124. The van der Waals surface area contributed by atoms with Crippen LogP contribution >= 0.6 is 0 Å². The highest BCUT2D eigenvalue weighted by Gasteiger charge is 2.31. The van der Waals surface area contributed by atoms with Crippen molar-refractivity contribution in [3.05, 3.63) is 29.8 Å². The first kappa shape index (κ1) is 23.7. The normalized spacial score (nSPS) is 27.7. The minimum atomic E-state index is -4.62. The standard InChI is InChI=1S/C25H39F3OSi/c1-2-17-30-18-15-21(16-19-30)6-4-3-5-20-7-9-22(10-8-20)23-11-13-24(14-12-23)29-25(26,27)28/h11-14,20-22,30H,2-10,15-19H2,1H3/t20-,21-,22-,30-. The summed E-state index contributed by atoms with van der Waals surface area (Å²) in [6.07, 6.45) is 10.3. The van der Waals surface area contributed by atoms with Crippen LogP contribution in [0.3, 0.4) is 0 Å².